The first-order valence-electron chi connectivity index (χ1n) is 31.6. The standard InChI is InChI=1S/C63H125NO5/c1-3-5-7-9-11-13-15-17-19-21-23-25-26-27-28-29-30-31-32-33-34-35-37-39-41-43-45-47-49-51-53-55-57-61(67)63(69)64-59(58-65)62(68)60(66)56-54-52-50-48-46-44-42-40-38-36-24-22-20-18-16-14-12-10-8-6-4-2/h48,50,59-62,65-68H,3-47,49,51-58H2,1-2H3,(H,64,69)/b50-48+. The van der Waals surface area contributed by atoms with E-state index >= 15 is 0 Å². The molecule has 0 rings (SSSR count). The number of carbonyl (C=O) groups is 1. The van der Waals surface area contributed by atoms with Crippen molar-refractivity contribution in [3.63, 3.8) is 0 Å². The van der Waals surface area contributed by atoms with Gasteiger partial charge in [0.15, 0.2) is 0 Å². The van der Waals surface area contributed by atoms with E-state index < -0.39 is 36.9 Å². The van der Waals surface area contributed by atoms with Gasteiger partial charge in [-0.2, -0.15) is 0 Å². The summed E-state index contributed by atoms with van der Waals surface area (Å²) in [5.74, 6) is -0.585. The largest absolute Gasteiger partial charge is 0.394 e. The number of aliphatic hydroxyl groups is 4. The van der Waals surface area contributed by atoms with Gasteiger partial charge in [-0.15, -0.1) is 0 Å². The van der Waals surface area contributed by atoms with Crippen molar-refractivity contribution in [1.29, 1.82) is 0 Å². The minimum Gasteiger partial charge on any atom is -0.394 e. The Morgan fingerprint density at radius 2 is 0.594 bits per heavy atom. The summed E-state index contributed by atoms with van der Waals surface area (Å²) in [5.41, 5.74) is 0. The van der Waals surface area contributed by atoms with E-state index in [1.54, 1.807) is 0 Å². The number of hydrogen-bond donors (Lipinski definition) is 5. The van der Waals surface area contributed by atoms with Crippen LogP contribution in [0.4, 0.5) is 0 Å². The van der Waals surface area contributed by atoms with E-state index in [4.69, 9.17) is 0 Å². The van der Waals surface area contributed by atoms with E-state index in [-0.39, 0.29) is 0 Å². The first-order valence-corrected chi connectivity index (χ1v) is 31.6. The molecule has 412 valence electrons. The number of nitrogens with one attached hydrogen (secondary N) is 1. The lowest BCUT2D eigenvalue weighted by Crippen LogP contribution is -2.53. The second kappa shape index (κ2) is 57.9. The first kappa shape index (κ1) is 68.0. The molecule has 4 atom stereocenters. The van der Waals surface area contributed by atoms with Crippen LogP contribution in [0.1, 0.15) is 354 Å². The van der Waals surface area contributed by atoms with Crippen LogP contribution >= 0.6 is 0 Å². The molecule has 5 N–H and O–H groups in total. The van der Waals surface area contributed by atoms with Gasteiger partial charge in [0.25, 0.3) is 0 Å². The number of unbranched alkanes of at least 4 members (excludes halogenated alkanes) is 48. The molecule has 6 nitrogen and oxygen atoms in total. The van der Waals surface area contributed by atoms with E-state index in [2.05, 4.69) is 31.3 Å². The first-order chi connectivity index (χ1) is 34.0. The zero-order valence-electron chi connectivity index (χ0n) is 46.8. The molecule has 0 aromatic rings. The Balaban J connectivity index is 3.55. The fourth-order valence-corrected chi connectivity index (χ4v) is 10.3. The van der Waals surface area contributed by atoms with Crippen molar-refractivity contribution >= 4 is 5.91 Å². The number of carbonyl (C=O) groups excluding carboxylic acids is 1. The predicted octanol–water partition coefficient (Wildman–Crippen LogP) is 18.8. The van der Waals surface area contributed by atoms with Crippen LogP contribution in [-0.4, -0.2) is 57.3 Å². The summed E-state index contributed by atoms with van der Waals surface area (Å²) >= 11 is 0. The normalized spacial score (nSPS) is 13.7. The third-order valence-electron chi connectivity index (χ3n) is 15.2. The van der Waals surface area contributed by atoms with Crippen molar-refractivity contribution in [1.82, 2.24) is 5.32 Å². The maximum atomic E-state index is 12.6. The maximum absolute atomic E-state index is 12.6. The van der Waals surface area contributed by atoms with E-state index in [0.717, 1.165) is 38.5 Å². The van der Waals surface area contributed by atoms with Crippen LogP contribution in [0, 0.1) is 0 Å². The van der Waals surface area contributed by atoms with Crippen molar-refractivity contribution < 1.29 is 25.2 Å². The van der Waals surface area contributed by atoms with Crippen LogP contribution < -0.4 is 5.32 Å². The summed E-state index contributed by atoms with van der Waals surface area (Å²) in [6.07, 6.45) is 70.3. The van der Waals surface area contributed by atoms with Crippen molar-refractivity contribution in [2.24, 2.45) is 0 Å². The smallest absolute Gasteiger partial charge is 0.249 e. The summed E-state index contributed by atoms with van der Waals surface area (Å²) in [5, 5.41) is 44.1. The second-order valence-electron chi connectivity index (χ2n) is 22.1. The van der Waals surface area contributed by atoms with E-state index in [1.165, 1.54) is 289 Å². The highest BCUT2D eigenvalue weighted by molar-refractivity contribution is 5.80. The number of allylic oxidation sites excluding steroid dienone is 2. The highest BCUT2D eigenvalue weighted by atomic mass is 16.3. The minimum atomic E-state index is -1.28. The van der Waals surface area contributed by atoms with Crippen LogP contribution in [-0.2, 0) is 4.79 Å². The third kappa shape index (κ3) is 51.7. The van der Waals surface area contributed by atoms with E-state index in [0.29, 0.717) is 12.8 Å². The van der Waals surface area contributed by atoms with Gasteiger partial charge < -0.3 is 25.7 Å². The Morgan fingerprint density at radius 3 is 0.870 bits per heavy atom. The molecule has 0 heterocycles. The molecule has 0 aliphatic heterocycles. The molecule has 0 saturated carbocycles. The van der Waals surface area contributed by atoms with Crippen LogP contribution in [0.15, 0.2) is 12.2 Å². The Labute approximate surface area is 432 Å². The van der Waals surface area contributed by atoms with Gasteiger partial charge in [0.1, 0.15) is 12.2 Å². The summed E-state index contributed by atoms with van der Waals surface area (Å²) in [4.78, 5) is 12.6. The molecule has 69 heavy (non-hydrogen) atoms. The van der Waals surface area contributed by atoms with E-state index in [1.807, 2.05) is 0 Å². The zero-order chi connectivity index (χ0) is 50.2. The Bertz CT molecular complexity index is 1010. The molecule has 0 fully saturated rings. The van der Waals surface area contributed by atoms with Crippen LogP contribution in [0.3, 0.4) is 0 Å². The molecule has 0 spiro atoms. The summed E-state index contributed by atoms with van der Waals surface area (Å²) in [7, 11) is 0. The third-order valence-corrected chi connectivity index (χ3v) is 15.2. The average molecular weight is 977 g/mol. The molecule has 0 radical (unpaired) electrons. The van der Waals surface area contributed by atoms with Crippen LogP contribution in [0.2, 0.25) is 0 Å². The van der Waals surface area contributed by atoms with E-state index in [9.17, 15) is 25.2 Å². The molecule has 4 unspecified atom stereocenters. The van der Waals surface area contributed by atoms with Gasteiger partial charge in [0.05, 0.1) is 18.8 Å². The average Bonchev–Trinajstić information content (AvgIpc) is 3.35. The highest BCUT2D eigenvalue weighted by Gasteiger charge is 2.28. The van der Waals surface area contributed by atoms with Crippen molar-refractivity contribution in [2.75, 3.05) is 6.61 Å². The van der Waals surface area contributed by atoms with Crippen molar-refractivity contribution in [3.05, 3.63) is 12.2 Å². The van der Waals surface area contributed by atoms with Gasteiger partial charge in [0.2, 0.25) is 5.91 Å². The monoisotopic (exact) mass is 976 g/mol. The molecule has 0 aliphatic carbocycles. The molecular weight excluding hydrogens is 851 g/mol. The Hall–Kier alpha value is -0.950. The molecule has 0 aromatic heterocycles. The Kier molecular flexibility index (Phi) is 57.1. The zero-order valence-corrected chi connectivity index (χ0v) is 46.8. The van der Waals surface area contributed by atoms with Crippen LogP contribution in [0.25, 0.3) is 0 Å². The SMILES string of the molecule is CCCCCCCCCCCCCCCCCC/C=C/CCCC(O)C(O)C(CO)NC(=O)C(O)CCCCCCCCCCCCCCCCCCCCCCCCCCCCCCCCCC. The van der Waals surface area contributed by atoms with Gasteiger partial charge in [0, 0.05) is 0 Å². The number of aliphatic hydroxyl groups excluding tert-OH is 4. The lowest BCUT2D eigenvalue weighted by atomic mass is 10.00. The molecule has 6 heteroatoms. The quantitative estimate of drug-likeness (QED) is 0.0308. The predicted molar refractivity (Wildman–Crippen MR) is 302 cm³/mol. The molecule has 0 bridgehead atoms. The summed E-state index contributed by atoms with van der Waals surface area (Å²) in [6.45, 7) is 4.09. The molecule has 1 amide bonds. The fraction of sp³-hybridized carbons (Fsp3) is 0.952. The molecule has 0 saturated heterocycles. The topological polar surface area (TPSA) is 110 Å². The lowest BCUT2D eigenvalue weighted by molar-refractivity contribution is -0.132. The summed E-state index contributed by atoms with van der Waals surface area (Å²) < 4.78 is 0. The number of hydrogen-bond acceptors (Lipinski definition) is 5. The van der Waals surface area contributed by atoms with Crippen molar-refractivity contribution in [3.8, 4) is 0 Å². The molecular formula is C63H125NO5. The number of rotatable bonds is 59. The highest BCUT2D eigenvalue weighted by Crippen LogP contribution is 2.19. The van der Waals surface area contributed by atoms with Gasteiger partial charge in [-0.05, 0) is 38.5 Å². The molecule has 0 aromatic carbocycles. The van der Waals surface area contributed by atoms with Gasteiger partial charge in [-0.1, -0.05) is 328 Å². The van der Waals surface area contributed by atoms with Gasteiger partial charge in [-0.25, -0.2) is 0 Å². The Morgan fingerprint density at radius 1 is 0.348 bits per heavy atom. The lowest BCUT2D eigenvalue weighted by Gasteiger charge is -2.27. The van der Waals surface area contributed by atoms with Gasteiger partial charge in [-0.3, -0.25) is 4.79 Å². The summed E-state index contributed by atoms with van der Waals surface area (Å²) in [6, 6.07) is -0.999. The maximum Gasteiger partial charge on any atom is 0.249 e. The minimum absolute atomic E-state index is 0.369. The molecule has 0 aliphatic rings. The number of amides is 1. The van der Waals surface area contributed by atoms with Crippen molar-refractivity contribution in [2.45, 2.75) is 379 Å². The fourth-order valence-electron chi connectivity index (χ4n) is 10.3. The van der Waals surface area contributed by atoms with Gasteiger partial charge >= 0.3 is 0 Å². The second-order valence-corrected chi connectivity index (χ2v) is 22.1. The van der Waals surface area contributed by atoms with Crippen LogP contribution in [0.5, 0.6) is 0 Å².